The van der Waals surface area contributed by atoms with Crippen molar-refractivity contribution < 1.29 is 19.1 Å². The standard InChI is InChI=1S/C20H21Cl2NO4/c1-20(2,3)19(25)12-5-8-16(17(9-12)26-4)27-11-18(24)23-13-6-7-14(21)15(22)10-13/h5-10H,11H2,1-4H3,(H,23,24). The molecule has 0 saturated carbocycles. The first kappa shape index (κ1) is 21.1. The van der Waals surface area contributed by atoms with E-state index in [9.17, 15) is 9.59 Å². The van der Waals surface area contributed by atoms with Crippen molar-refractivity contribution in [2.75, 3.05) is 19.0 Å². The van der Waals surface area contributed by atoms with Gasteiger partial charge in [0.2, 0.25) is 0 Å². The van der Waals surface area contributed by atoms with Crippen molar-refractivity contribution in [2.45, 2.75) is 20.8 Å². The number of carbonyl (C=O) groups excluding carboxylic acids is 2. The monoisotopic (exact) mass is 409 g/mol. The van der Waals surface area contributed by atoms with Crippen LogP contribution in [-0.2, 0) is 4.79 Å². The van der Waals surface area contributed by atoms with Crippen molar-refractivity contribution in [3.63, 3.8) is 0 Å². The fraction of sp³-hybridized carbons (Fsp3) is 0.300. The molecule has 144 valence electrons. The Kier molecular flexibility index (Phi) is 6.73. The van der Waals surface area contributed by atoms with E-state index in [0.29, 0.717) is 32.8 Å². The van der Waals surface area contributed by atoms with Gasteiger partial charge in [0.1, 0.15) is 0 Å². The van der Waals surface area contributed by atoms with Crippen LogP contribution >= 0.6 is 23.2 Å². The average Bonchev–Trinajstić information content (AvgIpc) is 2.61. The Bertz CT molecular complexity index is 860. The van der Waals surface area contributed by atoms with Gasteiger partial charge >= 0.3 is 0 Å². The number of ether oxygens (including phenoxy) is 2. The molecule has 0 aliphatic carbocycles. The van der Waals surface area contributed by atoms with E-state index in [0.717, 1.165) is 0 Å². The molecule has 2 rings (SSSR count). The fourth-order valence-electron chi connectivity index (χ4n) is 2.28. The van der Waals surface area contributed by atoms with Crippen LogP contribution in [-0.4, -0.2) is 25.4 Å². The summed E-state index contributed by atoms with van der Waals surface area (Å²) in [5.74, 6) is 0.370. The van der Waals surface area contributed by atoms with Crippen LogP contribution in [0.1, 0.15) is 31.1 Å². The maximum absolute atomic E-state index is 12.4. The minimum atomic E-state index is -0.507. The van der Waals surface area contributed by atoms with Crippen LogP contribution in [0.3, 0.4) is 0 Å². The molecule has 5 nitrogen and oxygen atoms in total. The second-order valence-electron chi connectivity index (χ2n) is 6.91. The van der Waals surface area contributed by atoms with Crippen molar-refractivity contribution in [1.29, 1.82) is 0 Å². The van der Waals surface area contributed by atoms with Crippen molar-refractivity contribution in [3.8, 4) is 11.5 Å². The second kappa shape index (κ2) is 8.63. The molecule has 0 saturated heterocycles. The van der Waals surface area contributed by atoms with E-state index in [1.165, 1.54) is 7.11 Å². The van der Waals surface area contributed by atoms with Crippen LogP contribution in [0.25, 0.3) is 0 Å². The van der Waals surface area contributed by atoms with Gasteiger partial charge in [0, 0.05) is 16.7 Å². The number of anilines is 1. The lowest BCUT2D eigenvalue weighted by molar-refractivity contribution is -0.118. The summed E-state index contributed by atoms with van der Waals surface area (Å²) in [7, 11) is 1.48. The second-order valence-corrected chi connectivity index (χ2v) is 7.72. The van der Waals surface area contributed by atoms with Crippen LogP contribution in [0.2, 0.25) is 10.0 Å². The molecular weight excluding hydrogens is 389 g/mol. The molecule has 0 unspecified atom stereocenters. The third kappa shape index (κ3) is 5.62. The minimum absolute atomic E-state index is 0.00953. The number of carbonyl (C=O) groups is 2. The van der Waals surface area contributed by atoms with E-state index in [1.807, 2.05) is 20.8 Å². The van der Waals surface area contributed by atoms with Crippen LogP contribution in [0, 0.1) is 5.41 Å². The number of benzene rings is 2. The van der Waals surface area contributed by atoms with E-state index in [1.54, 1.807) is 36.4 Å². The third-order valence-electron chi connectivity index (χ3n) is 3.67. The number of nitrogens with one attached hydrogen (secondary N) is 1. The van der Waals surface area contributed by atoms with Gasteiger partial charge in [0.25, 0.3) is 5.91 Å². The molecule has 1 N–H and O–H groups in total. The molecule has 2 aromatic carbocycles. The van der Waals surface area contributed by atoms with Gasteiger partial charge in [-0.05, 0) is 36.4 Å². The van der Waals surface area contributed by atoms with E-state index >= 15 is 0 Å². The predicted molar refractivity (Wildman–Crippen MR) is 107 cm³/mol. The van der Waals surface area contributed by atoms with E-state index in [-0.39, 0.29) is 18.3 Å². The molecule has 0 aliphatic heterocycles. The van der Waals surface area contributed by atoms with Crippen LogP contribution in [0.5, 0.6) is 11.5 Å². The molecule has 0 heterocycles. The summed E-state index contributed by atoms with van der Waals surface area (Å²) in [5.41, 5.74) is 0.524. The summed E-state index contributed by atoms with van der Waals surface area (Å²) in [6.07, 6.45) is 0. The topological polar surface area (TPSA) is 64.6 Å². The van der Waals surface area contributed by atoms with E-state index < -0.39 is 5.41 Å². The highest BCUT2D eigenvalue weighted by Crippen LogP contribution is 2.31. The molecule has 0 radical (unpaired) electrons. The first-order valence-corrected chi connectivity index (χ1v) is 8.98. The van der Waals surface area contributed by atoms with Gasteiger partial charge in [0.15, 0.2) is 23.9 Å². The molecule has 0 atom stereocenters. The van der Waals surface area contributed by atoms with Gasteiger partial charge in [-0.25, -0.2) is 0 Å². The molecule has 0 bridgehead atoms. The molecule has 0 fully saturated rings. The molecule has 2 aromatic rings. The van der Waals surface area contributed by atoms with Crippen LogP contribution < -0.4 is 14.8 Å². The van der Waals surface area contributed by atoms with Gasteiger partial charge < -0.3 is 14.8 Å². The Morgan fingerprint density at radius 2 is 1.70 bits per heavy atom. The molecule has 27 heavy (non-hydrogen) atoms. The van der Waals surface area contributed by atoms with E-state index in [4.69, 9.17) is 32.7 Å². The van der Waals surface area contributed by atoms with Crippen molar-refractivity contribution in [1.82, 2.24) is 0 Å². The Morgan fingerprint density at radius 1 is 1.00 bits per heavy atom. The Balaban J connectivity index is 2.05. The number of hydrogen-bond donors (Lipinski definition) is 1. The maximum atomic E-state index is 12.4. The highest BCUT2D eigenvalue weighted by Gasteiger charge is 2.24. The quantitative estimate of drug-likeness (QED) is 0.661. The number of ketones is 1. The Labute approximate surface area is 168 Å². The molecular formula is C20H21Cl2NO4. The number of halogens is 2. The maximum Gasteiger partial charge on any atom is 0.262 e. The number of amides is 1. The summed E-state index contributed by atoms with van der Waals surface area (Å²) in [6, 6.07) is 9.66. The van der Waals surface area contributed by atoms with Crippen molar-refractivity contribution in [2.24, 2.45) is 5.41 Å². The summed E-state index contributed by atoms with van der Waals surface area (Å²) in [6.45, 7) is 5.31. The number of rotatable bonds is 6. The molecule has 0 spiro atoms. The molecule has 7 heteroatoms. The Morgan fingerprint density at radius 3 is 2.30 bits per heavy atom. The SMILES string of the molecule is COc1cc(C(=O)C(C)(C)C)ccc1OCC(=O)Nc1ccc(Cl)c(Cl)c1. The fourth-order valence-corrected chi connectivity index (χ4v) is 2.57. The highest BCUT2D eigenvalue weighted by atomic mass is 35.5. The zero-order chi connectivity index (χ0) is 20.2. The van der Waals surface area contributed by atoms with Crippen molar-refractivity contribution >= 4 is 40.6 Å². The normalized spacial score (nSPS) is 11.0. The molecule has 1 amide bonds. The summed E-state index contributed by atoms with van der Waals surface area (Å²) < 4.78 is 10.8. The predicted octanol–water partition coefficient (Wildman–Crippen LogP) is 5.25. The van der Waals surface area contributed by atoms with Crippen LogP contribution in [0.15, 0.2) is 36.4 Å². The first-order chi connectivity index (χ1) is 12.6. The van der Waals surface area contributed by atoms with Gasteiger partial charge in [-0.15, -0.1) is 0 Å². The Hall–Kier alpha value is -2.24. The number of Topliss-reactive ketones (excluding diaryl/α,β-unsaturated/α-hetero) is 1. The van der Waals surface area contributed by atoms with Crippen molar-refractivity contribution in [3.05, 3.63) is 52.0 Å². The zero-order valence-corrected chi connectivity index (χ0v) is 17.1. The van der Waals surface area contributed by atoms with Crippen LogP contribution in [0.4, 0.5) is 5.69 Å². The van der Waals surface area contributed by atoms with Gasteiger partial charge in [-0.1, -0.05) is 44.0 Å². The summed E-state index contributed by atoms with van der Waals surface area (Å²) >= 11 is 11.8. The lowest BCUT2D eigenvalue weighted by Crippen LogP contribution is -2.21. The van der Waals surface area contributed by atoms with E-state index in [2.05, 4.69) is 5.32 Å². The smallest absolute Gasteiger partial charge is 0.262 e. The lowest BCUT2D eigenvalue weighted by atomic mass is 9.86. The average molecular weight is 410 g/mol. The first-order valence-electron chi connectivity index (χ1n) is 8.22. The number of methoxy groups -OCH3 is 1. The largest absolute Gasteiger partial charge is 0.493 e. The zero-order valence-electron chi connectivity index (χ0n) is 15.6. The van der Waals surface area contributed by atoms with Gasteiger partial charge in [0.05, 0.1) is 17.2 Å². The summed E-state index contributed by atoms with van der Waals surface area (Å²) in [5, 5.41) is 3.41. The minimum Gasteiger partial charge on any atom is -0.493 e. The third-order valence-corrected chi connectivity index (χ3v) is 4.41. The van der Waals surface area contributed by atoms with Gasteiger partial charge in [-0.3, -0.25) is 9.59 Å². The molecule has 0 aromatic heterocycles. The lowest BCUT2D eigenvalue weighted by Gasteiger charge is -2.18. The highest BCUT2D eigenvalue weighted by molar-refractivity contribution is 6.42. The molecule has 0 aliphatic rings. The summed E-state index contributed by atoms with van der Waals surface area (Å²) in [4.78, 5) is 24.5. The van der Waals surface area contributed by atoms with Gasteiger partial charge in [-0.2, -0.15) is 0 Å². The number of hydrogen-bond acceptors (Lipinski definition) is 4.